The van der Waals surface area contributed by atoms with Gasteiger partial charge in [-0.1, -0.05) is 19.1 Å². The molecule has 0 saturated carbocycles. The Morgan fingerprint density at radius 2 is 2.00 bits per heavy atom. The van der Waals surface area contributed by atoms with Gasteiger partial charge in [-0.15, -0.1) is 6.58 Å². The maximum Gasteiger partial charge on any atom is 0.168 e. The maximum atomic E-state index is 10.4. The molecule has 14 heavy (non-hydrogen) atoms. The molecule has 2 N–H and O–H groups in total. The molecule has 1 aromatic rings. The highest BCUT2D eigenvalue weighted by Gasteiger charge is 2.13. The van der Waals surface area contributed by atoms with Crippen molar-refractivity contribution < 1.29 is 15.0 Å². The summed E-state index contributed by atoms with van der Waals surface area (Å²) in [6.07, 6.45) is 2.15. The van der Waals surface area contributed by atoms with Gasteiger partial charge in [-0.3, -0.25) is 4.79 Å². The summed E-state index contributed by atoms with van der Waals surface area (Å²) in [5.41, 5.74) is 0.644. The van der Waals surface area contributed by atoms with E-state index in [2.05, 4.69) is 6.58 Å². The van der Waals surface area contributed by atoms with Crippen LogP contribution in [0.3, 0.4) is 0 Å². The lowest BCUT2D eigenvalue weighted by Gasteiger charge is -2.10. The van der Waals surface area contributed by atoms with E-state index >= 15 is 0 Å². The van der Waals surface area contributed by atoms with Gasteiger partial charge in [0.15, 0.2) is 17.8 Å². The standard InChI is InChI=1S/C11H12O3/c1-3-7(2)9-5-4-8(6-12)10(13)11(9)14/h3-7,13-14H,1H2,2H3. The quantitative estimate of drug-likeness (QED) is 0.438. The van der Waals surface area contributed by atoms with Crippen LogP contribution >= 0.6 is 0 Å². The number of hydrogen-bond acceptors (Lipinski definition) is 3. The van der Waals surface area contributed by atoms with E-state index in [9.17, 15) is 15.0 Å². The van der Waals surface area contributed by atoms with Crippen molar-refractivity contribution in [3.8, 4) is 11.5 Å². The van der Waals surface area contributed by atoms with E-state index in [4.69, 9.17) is 0 Å². The lowest BCUT2D eigenvalue weighted by molar-refractivity contribution is 0.112. The van der Waals surface area contributed by atoms with Gasteiger partial charge in [-0.05, 0) is 6.07 Å². The number of aldehydes is 1. The molecule has 1 atom stereocenters. The largest absolute Gasteiger partial charge is 0.504 e. The fraction of sp³-hybridized carbons (Fsp3) is 0.182. The van der Waals surface area contributed by atoms with Crippen molar-refractivity contribution >= 4 is 6.29 Å². The Morgan fingerprint density at radius 3 is 2.50 bits per heavy atom. The van der Waals surface area contributed by atoms with Crippen LogP contribution < -0.4 is 0 Å². The molecule has 0 bridgehead atoms. The van der Waals surface area contributed by atoms with E-state index in [1.54, 1.807) is 12.1 Å². The molecular formula is C11H12O3. The van der Waals surface area contributed by atoms with Gasteiger partial charge in [-0.25, -0.2) is 0 Å². The second-order valence-electron chi connectivity index (χ2n) is 3.08. The smallest absolute Gasteiger partial charge is 0.168 e. The van der Waals surface area contributed by atoms with Crippen molar-refractivity contribution in [2.24, 2.45) is 0 Å². The number of hydrogen-bond donors (Lipinski definition) is 2. The van der Waals surface area contributed by atoms with Crippen LogP contribution in [0.2, 0.25) is 0 Å². The van der Waals surface area contributed by atoms with Crippen LogP contribution in [0.25, 0.3) is 0 Å². The number of benzene rings is 1. The first-order valence-electron chi connectivity index (χ1n) is 4.24. The predicted molar refractivity (Wildman–Crippen MR) is 53.8 cm³/mol. The summed E-state index contributed by atoms with van der Waals surface area (Å²) in [7, 11) is 0. The van der Waals surface area contributed by atoms with Crippen LogP contribution in [0.5, 0.6) is 11.5 Å². The number of carbonyl (C=O) groups is 1. The van der Waals surface area contributed by atoms with Gasteiger partial charge < -0.3 is 10.2 Å². The first kappa shape index (κ1) is 10.3. The molecule has 3 heteroatoms. The second-order valence-corrected chi connectivity index (χ2v) is 3.08. The van der Waals surface area contributed by atoms with Gasteiger partial charge in [-0.2, -0.15) is 0 Å². The highest BCUT2D eigenvalue weighted by molar-refractivity contribution is 5.81. The highest BCUT2D eigenvalue weighted by Crippen LogP contribution is 2.36. The fourth-order valence-corrected chi connectivity index (χ4v) is 1.20. The molecule has 1 unspecified atom stereocenters. The Morgan fingerprint density at radius 1 is 1.36 bits per heavy atom. The molecule has 0 amide bonds. The molecule has 0 heterocycles. The lowest BCUT2D eigenvalue weighted by atomic mass is 9.98. The summed E-state index contributed by atoms with van der Waals surface area (Å²) in [6.45, 7) is 5.42. The molecule has 74 valence electrons. The van der Waals surface area contributed by atoms with Crippen LogP contribution in [-0.4, -0.2) is 16.5 Å². The molecule has 0 aliphatic heterocycles. The zero-order valence-corrected chi connectivity index (χ0v) is 7.90. The van der Waals surface area contributed by atoms with Crippen LogP contribution in [0, 0.1) is 0 Å². The zero-order chi connectivity index (χ0) is 10.7. The van der Waals surface area contributed by atoms with Crippen LogP contribution in [0.4, 0.5) is 0 Å². The normalized spacial score (nSPS) is 12.1. The molecule has 0 saturated heterocycles. The van der Waals surface area contributed by atoms with Gasteiger partial charge in [0.25, 0.3) is 0 Å². The Labute approximate surface area is 82.3 Å². The molecule has 0 radical (unpaired) electrons. The number of rotatable bonds is 3. The molecule has 0 spiro atoms. The van der Waals surface area contributed by atoms with Crippen LogP contribution in [0.15, 0.2) is 24.8 Å². The average Bonchev–Trinajstić information content (AvgIpc) is 2.21. The topological polar surface area (TPSA) is 57.5 Å². The van der Waals surface area contributed by atoms with Crippen LogP contribution in [0.1, 0.15) is 28.8 Å². The Kier molecular flexibility index (Phi) is 2.92. The molecule has 1 rings (SSSR count). The van der Waals surface area contributed by atoms with Crippen molar-refractivity contribution in [2.45, 2.75) is 12.8 Å². The van der Waals surface area contributed by atoms with Gasteiger partial charge in [0, 0.05) is 11.5 Å². The second kappa shape index (κ2) is 3.96. The Balaban J connectivity index is 3.30. The lowest BCUT2D eigenvalue weighted by Crippen LogP contribution is -1.92. The van der Waals surface area contributed by atoms with Gasteiger partial charge in [0.05, 0.1) is 5.56 Å². The molecule has 3 nitrogen and oxygen atoms in total. The van der Waals surface area contributed by atoms with E-state index in [-0.39, 0.29) is 23.0 Å². The summed E-state index contributed by atoms with van der Waals surface area (Å²) in [4.78, 5) is 10.4. The number of allylic oxidation sites excluding steroid dienone is 1. The van der Waals surface area contributed by atoms with E-state index in [0.29, 0.717) is 11.8 Å². The molecular weight excluding hydrogens is 180 g/mol. The number of carbonyl (C=O) groups excluding carboxylic acids is 1. The van der Waals surface area contributed by atoms with E-state index in [1.807, 2.05) is 6.92 Å². The first-order chi connectivity index (χ1) is 6.61. The minimum atomic E-state index is -0.369. The SMILES string of the molecule is C=CC(C)c1ccc(C=O)c(O)c1O. The third-order valence-electron chi connectivity index (χ3n) is 2.18. The summed E-state index contributed by atoms with van der Waals surface area (Å²) in [6, 6.07) is 3.07. The van der Waals surface area contributed by atoms with E-state index < -0.39 is 0 Å². The predicted octanol–water partition coefficient (Wildman–Crippen LogP) is 2.20. The monoisotopic (exact) mass is 192 g/mol. The van der Waals surface area contributed by atoms with Gasteiger partial charge in [0.1, 0.15) is 0 Å². The van der Waals surface area contributed by atoms with Crippen molar-refractivity contribution in [3.63, 3.8) is 0 Å². The molecule has 0 aliphatic rings. The summed E-state index contributed by atoms with van der Waals surface area (Å²) < 4.78 is 0. The van der Waals surface area contributed by atoms with E-state index in [1.165, 1.54) is 6.07 Å². The summed E-state index contributed by atoms with van der Waals surface area (Å²) >= 11 is 0. The average molecular weight is 192 g/mol. The Bertz CT molecular complexity index is 369. The number of aromatic hydroxyl groups is 2. The fourth-order valence-electron chi connectivity index (χ4n) is 1.20. The molecule has 0 fully saturated rings. The van der Waals surface area contributed by atoms with Crippen molar-refractivity contribution in [1.82, 2.24) is 0 Å². The maximum absolute atomic E-state index is 10.4. The molecule has 0 aliphatic carbocycles. The molecule has 0 aromatic heterocycles. The zero-order valence-electron chi connectivity index (χ0n) is 7.90. The minimum absolute atomic E-state index is 0.0680. The van der Waals surface area contributed by atoms with Crippen molar-refractivity contribution in [1.29, 1.82) is 0 Å². The van der Waals surface area contributed by atoms with Gasteiger partial charge >= 0.3 is 0 Å². The Hall–Kier alpha value is -1.77. The minimum Gasteiger partial charge on any atom is -0.504 e. The van der Waals surface area contributed by atoms with Crippen molar-refractivity contribution in [2.75, 3.05) is 0 Å². The van der Waals surface area contributed by atoms with Crippen molar-refractivity contribution in [3.05, 3.63) is 35.9 Å². The summed E-state index contributed by atoms with van der Waals surface area (Å²) in [5.74, 6) is -0.685. The van der Waals surface area contributed by atoms with Gasteiger partial charge in [0.2, 0.25) is 0 Å². The first-order valence-corrected chi connectivity index (χ1v) is 4.24. The number of phenolic OH excluding ortho intramolecular Hbond substituents is 2. The third kappa shape index (κ3) is 1.62. The van der Waals surface area contributed by atoms with Crippen LogP contribution in [-0.2, 0) is 0 Å². The highest BCUT2D eigenvalue weighted by atomic mass is 16.3. The summed E-state index contributed by atoms with van der Waals surface area (Å²) in [5, 5.41) is 19.0. The third-order valence-corrected chi connectivity index (χ3v) is 2.18. The number of phenols is 2. The molecule has 1 aromatic carbocycles. The van der Waals surface area contributed by atoms with E-state index in [0.717, 1.165) is 0 Å².